The number of carbonyl (C=O) groups is 1. The fourth-order valence-corrected chi connectivity index (χ4v) is 4.19. The van der Waals surface area contributed by atoms with Crippen molar-refractivity contribution in [3.05, 3.63) is 57.9 Å². The zero-order chi connectivity index (χ0) is 17.7. The molecule has 130 valence electrons. The molecule has 0 bridgehead atoms. The van der Waals surface area contributed by atoms with Gasteiger partial charge in [0.2, 0.25) is 0 Å². The third kappa shape index (κ3) is 2.55. The number of carbonyl (C=O) groups excluding carboxylic acids is 1. The molecule has 4 aromatic rings. The summed E-state index contributed by atoms with van der Waals surface area (Å²) in [5.74, 6) is 1.59. The maximum absolute atomic E-state index is 12.9. The Labute approximate surface area is 161 Å². The van der Waals surface area contributed by atoms with Gasteiger partial charge in [0.1, 0.15) is 0 Å². The highest BCUT2D eigenvalue weighted by molar-refractivity contribution is 9.10. The molecule has 0 spiro atoms. The largest absolute Gasteiger partial charge is 0.328 e. The van der Waals surface area contributed by atoms with Gasteiger partial charge in [-0.15, -0.1) is 21.5 Å². The van der Waals surface area contributed by atoms with E-state index in [-0.39, 0.29) is 5.91 Å². The van der Waals surface area contributed by atoms with Gasteiger partial charge < -0.3 is 9.47 Å². The standard InChI is InChI=1S/C17H13BrN6OS/c18-11-3-4-12-8-13(21-24(12)9-11)17(25)22-5-6-23-15(10-22)19-20-16(23)14-2-1-7-26-14/h1-4,7-9H,5-6,10H2. The van der Waals surface area contributed by atoms with Crippen LogP contribution in [0.5, 0.6) is 0 Å². The average Bonchev–Trinajstić information content (AvgIpc) is 3.38. The summed E-state index contributed by atoms with van der Waals surface area (Å²) >= 11 is 5.06. The number of thiophene rings is 1. The Hall–Kier alpha value is -2.52. The molecule has 1 aliphatic heterocycles. The smallest absolute Gasteiger partial charge is 0.274 e. The van der Waals surface area contributed by atoms with Crippen LogP contribution in [0.15, 0.2) is 46.4 Å². The van der Waals surface area contributed by atoms with Crippen molar-refractivity contribution in [1.82, 2.24) is 29.3 Å². The van der Waals surface area contributed by atoms with E-state index in [9.17, 15) is 4.79 Å². The molecule has 0 aromatic carbocycles. The molecule has 1 aliphatic rings. The van der Waals surface area contributed by atoms with E-state index in [2.05, 4.69) is 35.8 Å². The molecule has 0 aliphatic carbocycles. The lowest BCUT2D eigenvalue weighted by atomic mass is 10.3. The van der Waals surface area contributed by atoms with Crippen molar-refractivity contribution < 1.29 is 4.79 Å². The Kier molecular flexibility index (Phi) is 3.64. The van der Waals surface area contributed by atoms with Gasteiger partial charge in [0.25, 0.3) is 5.91 Å². The molecule has 0 saturated heterocycles. The van der Waals surface area contributed by atoms with Crippen molar-refractivity contribution in [2.24, 2.45) is 0 Å². The number of fused-ring (bicyclic) bond motifs is 2. The molecule has 9 heteroatoms. The second-order valence-corrected chi connectivity index (χ2v) is 7.91. The van der Waals surface area contributed by atoms with Gasteiger partial charge in [0, 0.05) is 23.8 Å². The molecule has 5 heterocycles. The minimum absolute atomic E-state index is 0.0863. The number of hydrogen-bond acceptors (Lipinski definition) is 5. The summed E-state index contributed by atoms with van der Waals surface area (Å²) in [7, 11) is 0. The highest BCUT2D eigenvalue weighted by Crippen LogP contribution is 2.26. The van der Waals surface area contributed by atoms with Crippen LogP contribution in [0.1, 0.15) is 16.3 Å². The summed E-state index contributed by atoms with van der Waals surface area (Å²) in [6, 6.07) is 9.70. The molecule has 1 amide bonds. The van der Waals surface area contributed by atoms with Crippen molar-refractivity contribution in [2.75, 3.05) is 6.54 Å². The monoisotopic (exact) mass is 428 g/mol. The first kappa shape index (κ1) is 15.7. The first-order chi connectivity index (χ1) is 12.7. The van der Waals surface area contributed by atoms with Gasteiger partial charge in [-0.05, 0) is 45.6 Å². The second-order valence-electron chi connectivity index (χ2n) is 6.04. The Bertz CT molecular complexity index is 1120. The summed E-state index contributed by atoms with van der Waals surface area (Å²) in [5, 5.41) is 15.0. The lowest BCUT2D eigenvalue weighted by molar-refractivity contribution is 0.0701. The van der Waals surface area contributed by atoms with Crippen LogP contribution in [-0.4, -0.2) is 41.7 Å². The van der Waals surface area contributed by atoms with Gasteiger partial charge in [0.05, 0.1) is 16.9 Å². The molecular weight excluding hydrogens is 416 g/mol. The van der Waals surface area contributed by atoms with Gasteiger partial charge >= 0.3 is 0 Å². The van der Waals surface area contributed by atoms with E-state index >= 15 is 0 Å². The van der Waals surface area contributed by atoms with E-state index < -0.39 is 0 Å². The predicted molar refractivity (Wildman–Crippen MR) is 101 cm³/mol. The quantitative estimate of drug-likeness (QED) is 0.491. The summed E-state index contributed by atoms with van der Waals surface area (Å²) in [5.41, 5.74) is 1.33. The third-order valence-corrected chi connectivity index (χ3v) is 5.76. The van der Waals surface area contributed by atoms with Crippen LogP contribution in [-0.2, 0) is 13.1 Å². The van der Waals surface area contributed by atoms with Crippen LogP contribution in [0, 0.1) is 0 Å². The zero-order valence-corrected chi connectivity index (χ0v) is 15.9. The summed E-state index contributed by atoms with van der Waals surface area (Å²) < 4.78 is 4.72. The topological polar surface area (TPSA) is 68.3 Å². The van der Waals surface area contributed by atoms with Crippen LogP contribution < -0.4 is 0 Å². The Balaban J connectivity index is 1.42. The molecule has 0 unspecified atom stereocenters. The highest BCUT2D eigenvalue weighted by Gasteiger charge is 2.27. The second kappa shape index (κ2) is 6.03. The van der Waals surface area contributed by atoms with E-state index in [4.69, 9.17) is 0 Å². The van der Waals surface area contributed by atoms with Crippen LogP contribution in [0.2, 0.25) is 0 Å². The van der Waals surface area contributed by atoms with Crippen LogP contribution >= 0.6 is 27.3 Å². The first-order valence-corrected chi connectivity index (χ1v) is 9.76. The predicted octanol–water partition coefficient (Wildman–Crippen LogP) is 3.07. The molecule has 7 nitrogen and oxygen atoms in total. The van der Waals surface area contributed by atoms with Gasteiger partial charge in [-0.25, -0.2) is 4.52 Å². The average molecular weight is 429 g/mol. The minimum atomic E-state index is -0.0863. The molecule has 26 heavy (non-hydrogen) atoms. The van der Waals surface area contributed by atoms with Crippen molar-refractivity contribution >= 4 is 38.7 Å². The van der Waals surface area contributed by atoms with Gasteiger partial charge in [0.15, 0.2) is 17.3 Å². The molecule has 0 radical (unpaired) electrons. The molecular formula is C17H13BrN6OS. The highest BCUT2D eigenvalue weighted by atomic mass is 79.9. The SMILES string of the molecule is O=C(c1cc2ccc(Br)cn2n1)N1CCn2c(nnc2-c2cccs2)C1. The lowest BCUT2D eigenvalue weighted by Gasteiger charge is -2.27. The first-order valence-electron chi connectivity index (χ1n) is 8.09. The number of halogens is 1. The number of rotatable bonds is 2. The molecule has 0 atom stereocenters. The van der Waals surface area contributed by atoms with Crippen molar-refractivity contribution in [3.63, 3.8) is 0 Å². The Morgan fingerprint density at radius 2 is 2.12 bits per heavy atom. The third-order valence-electron chi connectivity index (χ3n) is 4.42. The number of hydrogen-bond donors (Lipinski definition) is 0. The molecule has 4 aromatic heterocycles. The number of amides is 1. The fraction of sp³-hybridized carbons (Fsp3) is 0.176. The Morgan fingerprint density at radius 3 is 2.96 bits per heavy atom. The normalized spacial score (nSPS) is 14.0. The molecule has 5 rings (SSSR count). The Morgan fingerprint density at radius 1 is 1.19 bits per heavy atom. The van der Waals surface area contributed by atoms with Gasteiger partial charge in [-0.2, -0.15) is 5.10 Å². The summed E-state index contributed by atoms with van der Waals surface area (Å²) in [6.07, 6.45) is 1.84. The van der Waals surface area contributed by atoms with Crippen LogP contribution in [0.4, 0.5) is 0 Å². The molecule has 0 N–H and O–H groups in total. The van der Waals surface area contributed by atoms with Crippen molar-refractivity contribution in [1.29, 1.82) is 0 Å². The van der Waals surface area contributed by atoms with Crippen molar-refractivity contribution in [3.8, 4) is 10.7 Å². The fourth-order valence-electron chi connectivity index (χ4n) is 3.15. The van der Waals surface area contributed by atoms with E-state index in [1.54, 1.807) is 20.8 Å². The van der Waals surface area contributed by atoms with Crippen LogP contribution in [0.25, 0.3) is 16.2 Å². The number of pyridine rings is 1. The van der Waals surface area contributed by atoms with Gasteiger partial charge in [-0.3, -0.25) is 4.79 Å². The summed E-state index contributed by atoms with van der Waals surface area (Å²) in [6.45, 7) is 1.73. The minimum Gasteiger partial charge on any atom is -0.328 e. The lowest BCUT2D eigenvalue weighted by Crippen LogP contribution is -2.38. The molecule has 0 fully saturated rings. The van der Waals surface area contributed by atoms with E-state index in [0.717, 1.165) is 26.5 Å². The van der Waals surface area contributed by atoms with E-state index in [1.807, 2.05) is 41.9 Å². The van der Waals surface area contributed by atoms with Crippen LogP contribution in [0.3, 0.4) is 0 Å². The maximum Gasteiger partial charge on any atom is 0.274 e. The van der Waals surface area contributed by atoms with E-state index in [1.165, 1.54) is 0 Å². The van der Waals surface area contributed by atoms with E-state index in [0.29, 0.717) is 25.3 Å². The number of aromatic nitrogens is 5. The van der Waals surface area contributed by atoms with Crippen molar-refractivity contribution in [2.45, 2.75) is 13.1 Å². The van der Waals surface area contributed by atoms with Gasteiger partial charge in [-0.1, -0.05) is 6.07 Å². The maximum atomic E-state index is 12.9. The molecule has 0 saturated carbocycles. The zero-order valence-electron chi connectivity index (χ0n) is 13.5. The summed E-state index contributed by atoms with van der Waals surface area (Å²) in [4.78, 5) is 15.8. The number of nitrogens with zero attached hydrogens (tertiary/aromatic N) is 6.